The van der Waals surface area contributed by atoms with Gasteiger partial charge in [-0.05, 0) is 25.3 Å². The van der Waals surface area contributed by atoms with E-state index in [0.29, 0.717) is 13.0 Å². The molecule has 13 nitrogen and oxygen atoms in total. The summed E-state index contributed by atoms with van der Waals surface area (Å²) >= 11 is 0. The monoisotopic (exact) mass is 479 g/mol. The summed E-state index contributed by atoms with van der Waals surface area (Å²) in [7, 11) is 0. The number of rotatable bonds is 14. The smallest absolute Gasteiger partial charge is 0.328 e. The van der Waals surface area contributed by atoms with Crippen molar-refractivity contribution >= 4 is 29.7 Å². The molecule has 0 spiro atoms. The Balaban J connectivity index is 2.76. The fourth-order valence-electron chi connectivity index (χ4n) is 2.89. The lowest BCUT2D eigenvalue weighted by Crippen LogP contribution is -2.55. The Morgan fingerprint density at radius 1 is 1.06 bits per heavy atom. The number of aliphatic imine (C=N–C) groups is 1. The normalized spacial score (nSPS) is 14.1. The van der Waals surface area contributed by atoms with E-state index in [1.165, 1.54) is 6.92 Å². The fourth-order valence-corrected chi connectivity index (χ4v) is 2.89. The molecule has 0 saturated carbocycles. The number of aliphatic carboxylic acids is 1. The number of carboxylic acid groups (broad SMARTS) is 1. The van der Waals surface area contributed by atoms with Gasteiger partial charge in [0.1, 0.15) is 6.04 Å². The highest BCUT2D eigenvalue weighted by Crippen LogP contribution is 2.05. The second-order valence-corrected chi connectivity index (χ2v) is 7.65. The van der Waals surface area contributed by atoms with Crippen molar-refractivity contribution in [2.45, 2.75) is 50.4 Å². The van der Waals surface area contributed by atoms with Gasteiger partial charge in [0.2, 0.25) is 17.7 Å². The van der Waals surface area contributed by atoms with E-state index in [-0.39, 0.29) is 18.8 Å². The van der Waals surface area contributed by atoms with Gasteiger partial charge in [0.05, 0.1) is 18.7 Å². The molecule has 4 atom stereocenters. The number of aliphatic hydroxyl groups is 1. The molecule has 0 heterocycles. The van der Waals surface area contributed by atoms with Crippen LogP contribution in [0.2, 0.25) is 0 Å². The van der Waals surface area contributed by atoms with Gasteiger partial charge in [0, 0.05) is 13.0 Å². The lowest BCUT2D eigenvalue weighted by molar-refractivity contribution is -0.144. The molecule has 0 aliphatic rings. The van der Waals surface area contributed by atoms with E-state index in [9.17, 15) is 24.3 Å². The molecular weight excluding hydrogens is 446 g/mol. The number of benzene rings is 1. The van der Waals surface area contributed by atoms with Gasteiger partial charge in [-0.2, -0.15) is 0 Å². The molecular formula is C21H33N7O6. The van der Waals surface area contributed by atoms with Crippen LogP contribution in [0.3, 0.4) is 0 Å². The molecule has 0 aliphatic carbocycles. The minimum Gasteiger partial charge on any atom is -0.480 e. The van der Waals surface area contributed by atoms with Crippen LogP contribution < -0.4 is 33.2 Å². The predicted octanol–water partition coefficient (Wildman–Crippen LogP) is -2.84. The second kappa shape index (κ2) is 14.4. The van der Waals surface area contributed by atoms with Gasteiger partial charge in [-0.3, -0.25) is 19.4 Å². The van der Waals surface area contributed by atoms with Crippen LogP contribution in [0, 0.1) is 0 Å². The first-order chi connectivity index (χ1) is 16.0. The minimum atomic E-state index is -1.53. The number of nitrogens with zero attached hydrogens (tertiary/aromatic N) is 1. The third kappa shape index (κ3) is 10.7. The van der Waals surface area contributed by atoms with Gasteiger partial charge in [0.25, 0.3) is 0 Å². The molecule has 4 unspecified atom stereocenters. The number of hydrogen-bond acceptors (Lipinski definition) is 7. The molecule has 13 heteroatoms. The third-order valence-corrected chi connectivity index (χ3v) is 4.71. The lowest BCUT2D eigenvalue weighted by Gasteiger charge is -2.21. The van der Waals surface area contributed by atoms with Gasteiger partial charge < -0.3 is 43.4 Å². The molecule has 34 heavy (non-hydrogen) atoms. The van der Waals surface area contributed by atoms with E-state index in [1.54, 1.807) is 30.3 Å². The predicted molar refractivity (Wildman–Crippen MR) is 124 cm³/mol. The van der Waals surface area contributed by atoms with E-state index in [1.807, 2.05) is 0 Å². The zero-order valence-corrected chi connectivity index (χ0v) is 18.9. The van der Waals surface area contributed by atoms with Crippen LogP contribution in [-0.4, -0.2) is 77.2 Å². The number of guanidine groups is 1. The highest BCUT2D eigenvalue weighted by Gasteiger charge is 2.27. The zero-order valence-electron chi connectivity index (χ0n) is 18.9. The van der Waals surface area contributed by atoms with Crippen molar-refractivity contribution in [3.8, 4) is 0 Å². The Labute approximate surface area is 197 Å². The number of nitrogens with one attached hydrogen (secondary N) is 3. The Hall–Kier alpha value is -3.71. The fraction of sp³-hybridized carbons (Fsp3) is 0.476. The quantitative estimate of drug-likeness (QED) is 0.0778. The summed E-state index contributed by atoms with van der Waals surface area (Å²) in [5.74, 6) is -3.53. The van der Waals surface area contributed by atoms with Crippen molar-refractivity contribution < 1.29 is 29.4 Å². The maximum atomic E-state index is 12.7. The molecule has 1 rings (SSSR count). The van der Waals surface area contributed by atoms with Crippen LogP contribution in [-0.2, 0) is 25.6 Å². The van der Waals surface area contributed by atoms with E-state index in [0.717, 1.165) is 5.56 Å². The van der Waals surface area contributed by atoms with Crippen LogP contribution in [0.15, 0.2) is 35.3 Å². The van der Waals surface area contributed by atoms with E-state index in [2.05, 4.69) is 20.9 Å². The number of carboxylic acids is 1. The summed E-state index contributed by atoms with van der Waals surface area (Å²) in [6.07, 6.45) is -0.473. The number of nitrogens with two attached hydrogens (primary N) is 3. The van der Waals surface area contributed by atoms with Crippen molar-refractivity contribution in [1.82, 2.24) is 16.0 Å². The number of hydrogen-bond donors (Lipinski definition) is 8. The van der Waals surface area contributed by atoms with Crippen LogP contribution >= 0.6 is 0 Å². The van der Waals surface area contributed by atoms with Gasteiger partial charge in [-0.15, -0.1) is 0 Å². The zero-order chi connectivity index (χ0) is 25.7. The Morgan fingerprint density at radius 3 is 2.26 bits per heavy atom. The van der Waals surface area contributed by atoms with Crippen molar-refractivity contribution in [3.63, 3.8) is 0 Å². The average molecular weight is 480 g/mol. The first kappa shape index (κ1) is 28.3. The van der Waals surface area contributed by atoms with E-state index >= 15 is 0 Å². The van der Waals surface area contributed by atoms with E-state index < -0.39 is 54.5 Å². The molecule has 0 bridgehead atoms. The number of aliphatic hydroxyl groups excluding tert-OH is 1. The second-order valence-electron chi connectivity index (χ2n) is 7.65. The molecule has 3 amide bonds. The largest absolute Gasteiger partial charge is 0.480 e. The topological polar surface area (TPSA) is 235 Å². The number of amides is 3. The Kier molecular flexibility index (Phi) is 12.0. The van der Waals surface area contributed by atoms with Crippen LogP contribution in [0.1, 0.15) is 25.3 Å². The van der Waals surface area contributed by atoms with Crippen molar-refractivity contribution in [2.24, 2.45) is 22.2 Å². The maximum absolute atomic E-state index is 12.7. The first-order valence-corrected chi connectivity index (χ1v) is 10.6. The summed E-state index contributed by atoms with van der Waals surface area (Å²) in [5, 5.41) is 25.6. The highest BCUT2D eigenvalue weighted by molar-refractivity contribution is 5.92. The first-order valence-electron chi connectivity index (χ1n) is 10.6. The van der Waals surface area contributed by atoms with Gasteiger partial charge >= 0.3 is 5.97 Å². The standard InChI is InChI=1S/C21H33N7O6/c1-12(29)17(20(33)34)28-16(30)11-26-19(32)15(10-13-6-3-2-4-7-13)27-18(31)14(22)8-5-9-25-21(23)24/h2-4,6-7,12,14-15,17,29H,5,8-11,22H2,1H3,(H,26,32)(H,27,31)(H,28,30)(H,33,34)(H4,23,24,25). The lowest BCUT2D eigenvalue weighted by atomic mass is 10.0. The summed E-state index contributed by atoms with van der Waals surface area (Å²) in [5.41, 5.74) is 17.2. The summed E-state index contributed by atoms with van der Waals surface area (Å²) in [6, 6.07) is 5.41. The molecule has 0 radical (unpaired) electrons. The minimum absolute atomic E-state index is 0.0650. The molecule has 0 aliphatic heterocycles. The van der Waals surface area contributed by atoms with Crippen LogP contribution in [0.5, 0.6) is 0 Å². The average Bonchev–Trinajstić information content (AvgIpc) is 2.78. The van der Waals surface area contributed by atoms with Gasteiger partial charge in [-0.25, -0.2) is 4.79 Å². The van der Waals surface area contributed by atoms with Crippen molar-refractivity contribution in [1.29, 1.82) is 0 Å². The summed E-state index contributed by atoms with van der Waals surface area (Å²) in [4.78, 5) is 52.2. The molecule has 188 valence electrons. The number of carbonyl (C=O) groups excluding carboxylic acids is 3. The summed E-state index contributed by atoms with van der Waals surface area (Å²) in [6.45, 7) is 0.959. The van der Waals surface area contributed by atoms with E-state index in [4.69, 9.17) is 22.3 Å². The molecule has 1 aromatic rings. The van der Waals surface area contributed by atoms with Crippen molar-refractivity contribution in [3.05, 3.63) is 35.9 Å². The maximum Gasteiger partial charge on any atom is 0.328 e. The molecule has 11 N–H and O–H groups in total. The van der Waals surface area contributed by atoms with Crippen LogP contribution in [0.4, 0.5) is 0 Å². The SMILES string of the molecule is CC(O)C(NC(=O)CNC(=O)C(Cc1ccccc1)NC(=O)C(N)CCCN=C(N)N)C(=O)O. The molecule has 0 fully saturated rings. The Bertz CT molecular complexity index is 858. The Morgan fingerprint density at radius 2 is 1.71 bits per heavy atom. The van der Waals surface area contributed by atoms with Crippen LogP contribution in [0.25, 0.3) is 0 Å². The molecule has 1 aromatic carbocycles. The number of carbonyl (C=O) groups is 4. The van der Waals surface area contributed by atoms with Gasteiger partial charge in [-0.1, -0.05) is 30.3 Å². The summed E-state index contributed by atoms with van der Waals surface area (Å²) < 4.78 is 0. The molecule has 0 saturated heterocycles. The highest BCUT2D eigenvalue weighted by atomic mass is 16.4. The van der Waals surface area contributed by atoms with Crippen molar-refractivity contribution in [2.75, 3.05) is 13.1 Å². The van der Waals surface area contributed by atoms with Gasteiger partial charge in [0.15, 0.2) is 12.0 Å². The third-order valence-electron chi connectivity index (χ3n) is 4.71. The molecule has 0 aromatic heterocycles.